The minimum Gasteiger partial charge on any atom is -0.469 e. The van der Waals surface area contributed by atoms with Crippen LogP contribution in [0.5, 0.6) is 0 Å². The Labute approximate surface area is 106 Å². The molecule has 0 aliphatic rings. The van der Waals surface area contributed by atoms with Crippen molar-refractivity contribution in [1.82, 2.24) is 0 Å². The van der Waals surface area contributed by atoms with Crippen molar-refractivity contribution in [3.63, 3.8) is 0 Å². The van der Waals surface area contributed by atoms with E-state index >= 15 is 0 Å². The molecule has 1 aromatic carbocycles. The molecule has 18 heavy (non-hydrogen) atoms. The molecule has 0 bridgehead atoms. The summed E-state index contributed by atoms with van der Waals surface area (Å²) in [6, 6.07) is 9.41. The molecule has 1 unspecified atom stereocenters. The molecule has 0 aliphatic heterocycles. The molecule has 0 aliphatic carbocycles. The molecule has 0 N–H and O–H groups in total. The highest BCUT2D eigenvalue weighted by Crippen LogP contribution is 2.03. The van der Waals surface area contributed by atoms with Crippen LogP contribution in [0.1, 0.15) is 18.9 Å². The molecule has 96 valence electrons. The highest BCUT2D eigenvalue weighted by atomic mass is 16.6. The molecule has 0 amide bonds. The largest absolute Gasteiger partial charge is 0.469 e. The predicted octanol–water partition coefficient (Wildman–Crippen LogP) is 2.19. The molecule has 0 radical (unpaired) electrons. The van der Waals surface area contributed by atoms with Crippen LogP contribution in [0.2, 0.25) is 0 Å². The average Bonchev–Trinajstić information content (AvgIpc) is 2.37. The molecule has 0 saturated heterocycles. The number of ether oxygens (including phenoxy) is 2. The van der Waals surface area contributed by atoms with E-state index in [4.69, 9.17) is 4.74 Å². The van der Waals surface area contributed by atoms with E-state index < -0.39 is 18.0 Å². The Hall–Kier alpha value is -2.10. The molecule has 1 atom stereocenters. The standard InChI is InChI=1S/C14H16O4/c1-11(10-14(16)17-2)18-13(15)9-8-12-6-4-3-5-7-12/h3-9,11H,10H2,1-2H3. The quantitative estimate of drug-likeness (QED) is 0.592. The Kier molecular flexibility index (Phi) is 5.64. The molecule has 1 aromatic rings. The summed E-state index contributed by atoms with van der Waals surface area (Å²) >= 11 is 0. The third-order valence-electron chi connectivity index (χ3n) is 2.21. The van der Waals surface area contributed by atoms with E-state index in [0.29, 0.717) is 0 Å². The fourth-order valence-corrected chi connectivity index (χ4v) is 1.33. The van der Waals surface area contributed by atoms with Gasteiger partial charge < -0.3 is 9.47 Å². The van der Waals surface area contributed by atoms with Crippen molar-refractivity contribution in [2.45, 2.75) is 19.4 Å². The lowest BCUT2D eigenvalue weighted by molar-refractivity contribution is -0.149. The smallest absolute Gasteiger partial charge is 0.331 e. The fourth-order valence-electron chi connectivity index (χ4n) is 1.33. The van der Waals surface area contributed by atoms with Gasteiger partial charge in [0.1, 0.15) is 6.10 Å². The van der Waals surface area contributed by atoms with Crippen molar-refractivity contribution in [3.8, 4) is 0 Å². The summed E-state index contributed by atoms with van der Waals surface area (Å²) in [7, 11) is 1.30. The summed E-state index contributed by atoms with van der Waals surface area (Å²) in [5, 5.41) is 0. The second-order valence-corrected chi connectivity index (χ2v) is 3.77. The average molecular weight is 248 g/mol. The maximum Gasteiger partial charge on any atom is 0.331 e. The zero-order valence-electron chi connectivity index (χ0n) is 10.5. The highest BCUT2D eigenvalue weighted by molar-refractivity contribution is 5.87. The lowest BCUT2D eigenvalue weighted by atomic mass is 10.2. The van der Waals surface area contributed by atoms with E-state index in [1.807, 2.05) is 30.3 Å². The Morgan fingerprint density at radius 3 is 2.56 bits per heavy atom. The molecule has 0 spiro atoms. The van der Waals surface area contributed by atoms with E-state index in [0.717, 1.165) is 5.56 Å². The van der Waals surface area contributed by atoms with Crippen LogP contribution in [0.25, 0.3) is 6.08 Å². The minimum atomic E-state index is -0.495. The van der Waals surface area contributed by atoms with Gasteiger partial charge in [0.05, 0.1) is 13.5 Å². The van der Waals surface area contributed by atoms with Gasteiger partial charge in [-0.05, 0) is 18.6 Å². The topological polar surface area (TPSA) is 52.6 Å². The first-order chi connectivity index (χ1) is 8.61. The molecule has 1 rings (SSSR count). The first-order valence-electron chi connectivity index (χ1n) is 5.62. The van der Waals surface area contributed by atoms with Crippen molar-refractivity contribution < 1.29 is 19.1 Å². The van der Waals surface area contributed by atoms with Crippen LogP contribution in [0.15, 0.2) is 36.4 Å². The molecular formula is C14H16O4. The molecule has 0 aromatic heterocycles. The van der Waals surface area contributed by atoms with Gasteiger partial charge in [-0.3, -0.25) is 4.79 Å². The van der Waals surface area contributed by atoms with E-state index in [1.54, 1.807) is 13.0 Å². The Morgan fingerprint density at radius 2 is 1.94 bits per heavy atom. The maximum atomic E-state index is 11.4. The summed E-state index contributed by atoms with van der Waals surface area (Å²) in [6.45, 7) is 1.64. The summed E-state index contributed by atoms with van der Waals surface area (Å²) in [4.78, 5) is 22.4. The number of esters is 2. The van der Waals surface area contributed by atoms with Crippen LogP contribution in [0, 0.1) is 0 Å². The Balaban J connectivity index is 2.42. The van der Waals surface area contributed by atoms with Gasteiger partial charge in [0, 0.05) is 6.08 Å². The first kappa shape index (κ1) is 14.0. The lowest BCUT2D eigenvalue weighted by Gasteiger charge is -2.09. The van der Waals surface area contributed by atoms with E-state index in [1.165, 1.54) is 13.2 Å². The zero-order valence-corrected chi connectivity index (χ0v) is 10.5. The van der Waals surface area contributed by atoms with Crippen molar-refractivity contribution in [1.29, 1.82) is 0 Å². The third-order valence-corrected chi connectivity index (χ3v) is 2.21. The zero-order chi connectivity index (χ0) is 13.4. The molecule has 0 saturated carbocycles. The van der Waals surface area contributed by atoms with Crippen LogP contribution >= 0.6 is 0 Å². The monoisotopic (exact) mass is 248 g/mol. The molecule has 4 nitrogen and oxygen atoms in total. The van der Waals surface area contributed by atoms with Crippen molar-refractivity contribution in [2.24, 2.45) is 0 Å². The van der Waals surface area contributed by atoms with Crippen molar-refractivity contribution >= 4 is 18.0 Å². The summed E-state index contributed by atoms with van der Waals surface area (Å²) in [5.41, 5.74) is 0.912. The number of carbonyl (C=O) groups is 2. The van der Waals surface area contributed by atoms with Gasteiger partial charge in [-0.15, -0.1) is 0 Å². The Morgan fingerprint density at radius 1 is 1.28 bits per heavy atom. The van der Waals surface area contributed by atoms with Gasteiger partial charge in [-0.25, -0.2) is 4.79 Å². The van der Waals surface area contributed by atoms with Crippen LogP contribution in [-0.4, -0.2) is 25.2 Å². The Bertz CT molecular complexity index is 423. The van der Waals surface area contributed by atoms with Gasteiger partial charge in [0.2, 0.25) is 0 Å². The molecule has 0 heterocycles. The first-order valence-corrected chi connectivity index (χ1v) is 5.62. The van der Waals surface area contributed by atoms with Gasteiger partial charge in [-0.2, -0.15) is 0 Å². The van der Waals surface area contributed by atoms with Crippen LogP contribution < -0.4 is 0 Å². The number of methoxy groups -OCH3 is 1. The molecule has 4 heteroatoms. The number of rotatable bonds is 5. The van der Waals surface area contributed by atoms with Crippen molar-refractivity contribution in [2.75, 3.05) is 7.11 Å². The number of benzene rings is 1. The fraction of sp³-hybridized carbons (Fsp3) is 0.286. The highest BCUT2D eigenvalue weighted by Gasteiger charge is 2.12. The van der Waals surface area contributed by atoms with Crippen LogP contribution in [0.3, 0.4) is 0 Å². The SMILES string of the molecule is COC(=O)CC(C)OC(=O)C=Cc1ccccc1. The number of hydrogen-bond acceptors (Lipinski definition) is 4. The summed E-state index contributed by atoms with van der Waals surface area (Å²) < 4.78 is 9.50. The maximum absolute atomic E-state index is 11.4. The molecule has 0 fully saturated rings. The second kappa shape index (κ2) is 7.27. The van der Waals surface area contributed by atoms with Gasteiger partial charge >= 0.3 is 11.9 Å². The van der Waals surface area contributed by atoms with Crippen molar-refractivity contribution in [3.05, 3.63) is 42.0 Å². The summed E-state index contributed by atoms with van der Waals surface area (Å²) in [5.74, 6) is -0.877. The summed E-state index contributed by atoms with van der Waals surface area (Å²) in [6.07, 6.45) is 2.56. The third kappa shape index (κ3) is 5.30. The van der Waals surface area contributed by atoms with Crippen LogP contribution in [-0.2, 0) is 19.1 Å². The van der Waals surface area contributed by atoms with E-state index in [2.05, 4.69) is 4.74 Å². The predicted molar refractivity (Wildman–Crippen MR) is 67.7 cm³/mol. The van der Waals surface area contributed by atoms with Gasteiger partial charge in [-0.1, -0.05) is 30.3 Å². The lowest BCUT2D eigenvalue weighted by Crippen LogP contribution is -2.18. The second-order valence-electron chi connectivity index (χ2n) is 3.77. The van der Waals surface area contributed by atoms with Gasteiger partial charge in [0.15, 0.2) is 0 Å². The normalized spacial score (nSPS) is 12.1. The van der Waals surface area contributed by atoms with Gasteiger partial charge in [0.25, 0.3) is 0 Å². The van der Waals surface area contributed by atoms with E-state index in [-0.39, 0.29) is 6.42 Å². The van der Waals surface area contributed by atoms with Crippen LogP contribution in [0.4, 0.5) is 0 Å². The molecular weight excluding hydrogens is 232 g/mol. The number of hydrogen-bond donors (Lipinski definition) is 0. The van der Waals surface area contributed by atoms with E-state index in [9.17, 15) is 9.59 Å². The minimum absolute atomic E-state index is 0.0570. The number of carbonyl (C=O) groups excluding carboxylic acids is 2.